The summed E-state index contributed by atoms with van der Waals surface area (Å²) in [5, 5.41) is 11.4. The summed E-state index contributed by atoms with van der Waals surface area (Å²) < 4.78 is 5.58. The van der Waals surface area contributed by atoms with Crippen LogP contribution in [0.25, 0.3) is 0 Å². The first-order valence-electron chi connectivity index (χ1n) is 6.59. The fourth-order valence-corrected chi connectivity index (χ4v) is 1.99. The van der Waals surface area contributed by atoms with Gasteiger partial charge in [-0.2, -0.15) is 5.26 Å². The average molecular weight is 280 g/mol. The van der Waals surface area contributed by atoms with Gasteiger partial charge >= 0.3 is 0 Å². The molecular formula is C17H16N2O2. The molecule has 2 rings (SSSR count). The van der Waals surface area contributed by atoms with Crippen molar-refractivity contribution < 1.29 is 9.53 Å². The highest BCUT2D eigenvalue weighted by molar-refractivity contribution is 5.91. The normalized spacial score (nSPS) is 9.76. The number of benzene rings is 2. The second kappa shape index (κ2) is 6.58. The summed E-state index contributed by atoms with van der Waals surface area (Å²) in [4.78, 5) is 11.9. The number of nitrogens with one attached hydrogen (secondary N) is 1. The lowest BCUT2D eigenvalue weighted by Gasteiger charge is -2.12. The Morgan fingerprint density at radius 2 is 1.76 bits per heavy atom. The van der Waals surface area contributed by atoms with E-state index in [1.165, 1.54) is 0 Å². The lowest BCUT2D eigenvalue weighted by Crippen LogP contribution is -2.20. The third-order valence-corrected chi connectivity index (χ3v) is 3.05. The molecule has 0 fully saturated rings. The Labute approximate surface area is 124 Å². The highest BCUT2D eigenvalue weighted by Crippen LogP contribution is 2.22. The number of carbonyl (C=O) groups excluding carboxylic acids is 1. The molecule has 4 heteroatoms. The standard InChI is InChI=1S/C17H16N2O2/c1-12-4-3-5-13(2)17(12)21-11-16(20)19-15-8-6-14(10-18)7-9-15/h3-9H,11H2,1-2H3,(H,19,20). The minimum atomic E-state index is -0.234. The molecule has 0 heterocycles. The Bertz CT molecular complexity index is 665. The van der Waals surface area contributed by atoms with E-state index in [2.05, 4.69) is 5.32 Å². The molecule has 0 unspecified atom stereocenters. The molecule has 0 radical (unpaired) electrons. The van der Waals surface area contributed by atoms with Gasteiger partial charge in [0.2, 0.25) is 0 Å². The van der Waals surface area contributed by atoms with Gasteiger partial charge in [-0.25, -0.2) is 0 Å². The minimum absolute atomic E-state index is 0.0499. The number of hydrogen-bond donors (Lipinski definition) is 1. The van der Waals surface area contributed by atoms with E-state index in [9.17, 15) is 4.79 Å². The van der Waals surface area contributed by atoms with E-state index in [1.54, 1.807) is 24.3 Å². The summed E-state index contributed by atoms with van der Waals surface area (Å²) in [6.45, 7) is 3.84. The molecule has 0 bridgehead atoms. The van der Waals surface area contributed by atoms with Gasteiger partial charge in [-0.3, -0.25) is 4.79 Å². The van der Waals surface area contributed by atoms with Crippen LogP contribution in [0.4, 0.5) is 5.69 Å². The highest BCUT2D eigenvalue weighted by Gasteiger charge is 2.07. The van der Waals surface area contributed by atoms with Crippen LogP contribution in [0.1, 0.15) is 16.7 Å². The second-order valence-electron chi connectivity index (χ2n) is 4.75. The Morgan fingerprint density at radius 1 is 1.14 bits per heavy atom. The quantitative estimate of drug-likeness (QED) is 0.935. The zero-order valence-electron chi connectivity index (χ0n) is 12.0. The summed E-state index contributed by atoms with van der Waals surface area (Å²) in [6, 6.07) is 14.6. The van der Waals surface area contributed by atoms with Crippen LogP contribution in [0.15, 0.2) is 42.5 Å². The van der Waals surface area contributed by atoms with Crippen molar-refractivity contribution in [2.24, 2.45) is 0 Å². The molecule has 2 aromatic rings. The second-order valence-corrected chi connectivity index (χ2v) is 4.75. The van der Waals surface area contributed by atoms with Gasteiger partial charge in [0.05, 0.1) is 11.6 Å². The molecule has 0 aliphatic heterocycles. The van der Waals surface area contributed by atoms with E-state index in [-0.39, 0.29) is 12.5 Å². The number of anilines is 1. The van der Waals surface area contributed by atoms with Crippen LogP contribution in [0.2, 0.25) is 0 Å². The van der Waals surface area contributed by atoms with Gasteiger partial charge < -0.3 is 10.1 Å². The Morgan fingerprint density at radius 3 is 2.33 bits per heavy atom. The molecule has 0 saturated heterocycles. The summed E-state index contributed by atoms with van der Waals surface area (Å²) in [5.41, 5.74) is 3.20. The fourth-order valence-electron chi connectivity index (χ4n) is 1.99. The van der Waals surface area contributed by atoms with Gasteiger partial charge in [0.25, 0.3) is 5.91 Å². The van der Waals surface area contributed by atoms with Crippen LogP contribution in [-0.2, 0) is 4.79 Å². The number of aryl methyl sites for hydroxylation is 2. The predicted octanol–water partition coefficient (Wildman–Crippen LogP) is 3.19. The van der Waals surface area contributed by atoms with Gasteiger partial charge in [0, 0.05) is 5.69 Å². The van der Waals surface area contributed by atoms with Crippen molar-refractivity contribution >= 4 is 11.6 Å². The highest BCUT2D eigenvalue weighted by atomic mass is 16.5. The molecule has 1 amide bonds. The van der Waals surface area contributed by atoms with Crippen molar-refractivity contribution in [2.45, 2.75) is 13.8 Å². The predicted molar refractivity (Wildman–Crippen MR) is 81.2 cm³/mol. The average Bonchev–Trinajstić information content (AvgIpc) is 2.47. The third-order valence-electron chi connectivity index (χ3n) is 3.05. The number of nitriles is 1. The summed E-state index contributed by atoms with van der Waals surface area (Å²) in [5.74, 6) is 0.509. The van der Waals surface area contributed by atoms with Crippen molar-refractivity contribution in [3.63, 3.8) is 0 Å². The molecule has 21 heavy (non-hydrogen) atoms. The van der Waals surface area contributed by atoms with Crippen LogP contribution in [0.3, 0.4) is 0 Å². The van der Waals surface area contributed by atoms with Gasteiger partial charge in [0.1, 0.15) is 5.75 Å². The van der Waals surface area contributed by atoms with E-state index in [0.29, 0.717) is 11.3 Å². The van der Waals surface area contributed by atoms with E-state index >= 15 is 0 Å². The van der Waals surface area contributed by atoms with Gasteiger partial charge in [-0.1, -0.05) is 18.2 Å². The number of para-hydroxylation sites is 1. The SMILES string of the molecule is Cc1cccc(C)c1OCC(=O)Nc1ccc(C#N)cc1. The van der Waals surface area contributed by atoms with Gasteiger partial charge in [-0.05, 0) is 49.2 Å². The maximum absolute atomic E-state index is 11.9. The monoisotopic (exact) mass is 280 g/mol. The minimum Gasteiger partial charge on any atom is -0.483 e. The summed E-state index contributed by atoms with van der Waals surface area (Å²) in [7, 11) is 0. The Kier molecular flexibility index (Phi) is 4.57. The Hall–Kier alpha value is -2.80. The first kappa shape index (κ1) is 14.6. The molecule has 0 saturated carbocycles. The van der Waals surface area contributed by atoms with Crippen LogP contribution < -0.4 is 10.1 Å². The molecule has 0 aromatic heterocycles. The van der Waals surface area contributed by atoms with Crippen molar-refractivity contribution in [2.75, 3.05) is 11.9 Å². The van der Waals surface area contributed by atoms with Crippen LogP contribution >= 0.6 is 0 Å². The lowest BCUT2D eigenvalue weighted by molar-refractivity contribution is -0.118. The van der Waals surface area contributed by atoms with E-state index < -0.39 is 0 Å². The molecule has 0 aliphatic carbocycles. The smallest absolute Gasteiger partial charge is 0.262 e. The van der Waals surface area contributed by atoms with E-state index in [0.717, 1.165) is 16.9 Å². The third kappa shape index (κ3) is 3.83. The van der Waals surface area contributed by atoms with E-state index in [4.69, 9.17) is 10.00 Å². The number of ether oxygens (including phenoxy) is 1. The summed E-state index contributed by atoms with van der Waals surface area (Å²) in [6.07, 6.45) is 0. The van der Waals surface area contributed by atoms with Crippen molar-refractivity contribution in [1.29, 1.82) is 5.26 Å². The molecule has 4 nitrogen and oxygen atoms in total. The van der Waals surface area contributed by atoms with E-state index in [1.807, 2.05) is 38.1 Å². The molecule has 0 aliphatic rings. The first-order valence-corrected chi connectivity index (χ1v) is 6.59. The van der Waals surface area contributed by atoms with Gasteiger partial charge in [0.15, 0.2) is 6.61 Å². The number of amides is 1. The molecule has 0 atom stereocenters. The van der Waals surface area contributed by atoms with Crippen molar-refractivity contribution in [3.8, 4) is 11.8 Å². The van der Waals surface area contributed by atoms with Crippen LogP contribution in [0, 0.1) is 25.2 Å². The number of rotatable bonds is 4. The number of nitrogens with zero attached hydrogens (tertiary/aromatic N) is 1. The fraction of sp³-hybridized carbons (Fsp3) is 0.176. The molecule has 2 aromatic carbocycles. The number of carbonyl (C=O) groups is 1. The molecule has 106 valence electrons. The zero-order valence-corrected chi connectivity index (χ0v) is 12.0. The first-order chi connectivity index (χ1) is 10.1. The van der Waals surface area contributed by atoms with Gasteiger partial charge in [-0.15, -0.1) is 0 Å². The largest absolute Gasteiger partial charge is 0.483 e. The maximum atomic E-state index is 11.9. The zero-order chi connectivity index (χ0) is 15.2. The van der Waals surface area contributed by atoms with Crippen molar-refractivity contribution in [1.82, 2.24) is 0 Å². The van der Waals surface area contributed by atoms with Crippen molar-refractivity contribution in [3.05, 3.63) is 59.2 Å². The lowest BCUT2D eigenvalue weighted by atomic mass is 10.1. The maximum Gasteiger partial charge on any atom is 0.262 e. The van der Waals surface area contributed by atoms with Crippen LogP contribution in [-0.4, -0.2) is 12.5 Å². The number of hydrogen-bond acceptors (Lipinski definition) is 3. The summed E-state index contributed by atoms with van der Waals surface area (Å²) >= 11 is 0. The topological polar surface area (TPSA) is 62.1 Å². The molecule has 1 N–H and O–H groups in total. The molecule has 0 spiro atoms. The Balaban J connectivity index is 1.94. The van der Waals surface area contributed by atoms with Crippen LogP contribution in [0.5, 0.6) is 5.75 Å². The molecular weight excluding hydrogens is 264 g/mol.